The van der Waals surface area contributed by atoms with Crippen molar-refractivity contribution < 1.29 is 24.2 Å². The van der Waals surface area contributed by atoms with Crippen molar-refractivity contribution in [1.29, 1.82) is 0 Å². The number of hydrogen-bond acceptors (Lipinski definition) is 4. The van der Waals surface area contributed by atoms with Crippen molar-refractivity contribution in [1.82, 2.24) is 0 Å². The third-order valence-electron chi connectivity index (χ3n) is 3.40. The maximum Gasteiger partial charge on any atom is 0.511 e. The number of ketones is 2. The van der Waals surface area contributed by atoms with E-state index in [9.17, 15) is 14.4 Å². The zero-order chi connectivity index (χ0) is 15.1. The Morgan fingerprint density at radius 3 is 2.19 bits per heavy atom. The maximum atomic E-state index is 12.4. The summed E-state index contributed by atoms with van der Waals surface area (Å²) < 4.78 is 4.56. The first-order valence-corrected chi connectivity index (χ1v) is 6.22. The number of ether oxygens (including phenoxy) is 1. The minimum atomic E-state index is -1.43. The van der Waals surface area contributed by atoms with Crippen LogP contribution in [0.5, 0.6) is 5.75 Å². The summed E-state index contributed by atoms with van der Waals surface area (Å²) in [6.07, 6.45) is -1.43. The lowest BCUT2D eigenvalue weighted by Crippen LogP contribution is -2.04. The number of fused-ring (bicyclic) bond motifs is 3. The normalized spacial score (nSPS) is 11.8. The molecule has 0 amide bonds. The zero-order valence-electron chi connectivity index (χ0n) is 11.0. The molecule has 0 atom stereocenters. The third-order valence-corrected chi connectivity index (χ3v) is 3.40. The van der Waals surface area contributed by atoms with E-state index in [1.165, 1.54) is 19.1 Å². The second kappa shape index (κ2) is 4.56. The predicted molar refractivity (Wildman–Crippen MR) is 74.0 cm³/mol. The summed E-state index contributed by atoms with van der Waals surface area (Å²) in [6, 6.07) is 9.51. The summed E-state index contributed by atoms with van der Waals surface area (Å²) in [7, 11) is 0. The highest BCUT2D eigenvalue weighted by atomic mass is 16.7. The topological polar surface area (TPSA) is 80.7 Å². The van der Waals surface area contributed by atoms with E-state index in [2.05, 4.69) is 4.74 Å². The van der Waals surface area contributed by atoms with Crippen molar-refractivity contribution in [2.75, 3.05) is 0 Å². The van der Waals surface area contributed by atoms with Gasteiger partial charge in [0.1, 0.15) is 5.75 Å². The summed E-state index contributed by atoms with van der Waals surface area (Å²) in [4.78, 5) is 34.3. The molecule has 21 heavy (non-hydrogen) atoms. The van der Waals surface area contributed by atoms with E-state index in [-0.39, 0.29) is 17.3 Å². The molecule has 0 saturated carbocycles. The lowest BCUT2D eigenvalue weighted by Gasteiger charge is -2.03. The molecule has 0 radical (unpaired) electrons. The van der Waals surface area contributed by atoms with Gasteiger partial charge < -0.3 is 9.84 Å². The second-order valence-electron chi connectivity index (χ2n) is 4.72. The summed E-state index contributed by atoms with van der Waals surface area (Å²) in [5, 5.41) is 8.61. The van der Waals surface area contributed by atoms with Crippen molar-refractivity contribution in [3.63, 3.8) is 0 Å². The van der Waals surface area contributed by atoms with Gasteiger partial charge in [-0.1, -0.05) is 12.1 Å². The molecule has 1 aliphatic carbocycles. The summed E-state index contributed by atoms with van der Waals surface area (Å²) in [5.74, 6) is -0.260. The van der Waals surface area contributed by atoms with Crippen LogP contribution in [-0.2, 0) is 0 Å². The Hall–Kier alpha value is -2.95. The maximum absolute atomic E-state index is 12.4. The first kappa shape index (κ1) is 13.1. The van der Waals surface area contributed by atoms with Gasteiger partial charge in [0.2, 0.25) is 0 Å². The van der Waals surface area contributed by atoms with E-state index in [0.717, 1.165) is 5.56 Å². The molecule has 1 aliphatic rings. The molecule has 0 unspecified atom stereocenters. The van der Waals surface area contributed by atoms with Crippen LogP contribution in [0.4, 0.5) is 4.79 Å². The van der Waals surface area contributed by atoms with E-state index in [4.69, 9.17) is 5.11 Å². The van der Waals surface area contributed by atoms with Gasteiger partial charge in [-0.3, -0.25) is 9.59 Å². The molecule has 2 aromatic rings. The fraction of sp³-hybridized carbons (Fsp3) is 0.0625. The van der Waals surface area contributed by atoms with Gasteiger partial charge in [0, 0.05) is 16.7 Å². The number of carboxylic acid groups (broad SMARTS) is 1. The van der Waals surface area contributed by atoms with Crippen LogP contribution in [0.1, 0.15) is 33.2 Å². The van der Waals surface area contributed by atoms with Crippen molar-refractivity contribution in [3.05, 3.63) is 53.1 Å². The van der Waals surface area contributed by atoms with E-state index >= 15 is 0 Å². The Bertz CT molecular complexity index is 804. The molecule has 5 nitrogen and oxygen atoms in total. The van der Waals surface area contributed by atoms with E-state index < -0.39 is 6.16 Å². The highest BCUT2D eigenvalue weighted by Gasteiger charge is 2.27. The van der Waals surface area contributed by atoms with Crippen molar-refractivity contribution in [3.8, 4) is 16.9 Å². The molecule has 5 heteroatoms. The average molecular weight is 282 g/mol. The molecule has 0 heterocycles. The van der Waals surface area contributed by atoms with Gasteiger partial charge in [-0.15, -0.1) is 0 Å². The molecule has 104 valence electrons. The van der Waals surface area contributed by atoms with Crippen LogP contribution in [0.15, 0.2) is 36.4 Å². The van der Waals surface area contributed by atoms with Crippen LogP contribution < -0.4 is 4.74 Å². The Labute approximate surface area is 119 Å². The number of hydrogen-bond donors (Lipinski definition) is 1. The van der Waals surface area contributed by atoms with Gasteiger partial charge in [0.25, 0.3) is 0 Å². The molecular weight excluding hydrogens is 272 g/mol. The SMILES string of the molecule is CC(=O)c1ccc2c(c1)C(=O)c1cc(OC(=O)O)ccc1-2. The standard InChI is InChI=1S/C16H10O5/c1-8(17)9-2-4-11-12-5-3-10(21-16(19)20)7-14(12)15(18)13(11)6-9/h2-7H,1H3,(H,19,20). The molecule has 0 spiro atoms. The minimum Gasteiger partial charge on any atom is -0.449 e. The van der Waals surface area contributed by atoms with Crippen molar-refractivity contribution >= 4 is 17.7 Å². The molecular formula is C16H10O5. The highest BCUT2D eigenvalue weighted by molar-refractivity contribution is 6.22. The largest absolute Gasteiger partial charge is 0.511 e. The number of benzene rings is 2. The predicted octanol–water partition coefficient (Wildman–Crippen LogP) is 3.16. The van der Waals surface area contributed by atoms with Gasteiger partial charge in [0.15, 0.2) is 11.6 Å². The minimum absolute atomic E-state index is 0.0918. The lowest BCUT2D eigenvalue weighted by atomic mass is 10.0. The lowest BCUT2D eigenvalue weighted by molar-refractivity contribution is 0.101. The van der Waals surface area contributed by atoms with Gasteiger partial charge in [0.05, 0.1) is 0 Å². The fourth-order valence-electron chi connectivity index (χ4n) is 2.44. The number of Topliss-reactive ketones (excluding diaryl/α,β-unsaturated/α-hetero) is 1. The van der Waals surface area contributed by atoms with Crippen LogP contribution >= 0.6 is 0 Å². The van der Waals surface area contributed by atoms with Gasteiger partial charge >= 0.3 is 6.16 Å². The number of rotatable bonds is 2. The summed E-state index contributed by atoms with van der Waals surface area (Å²) in [5.41, 5.74) is 2.75. The molecule has 2 aromatic carbocycles. The third kappa shape index (κ3) is 2.08. The molecule has 0 bridgehead atoms. The molecule has 1 N–H and O–H groups in total. The van der Waals surface area contributed by atoms with Crippen LogP contribution in [0.3, 0.4) is 0 Å². The Morgan fingerprint density at radius 2 is 1.57 bits per heavy atom. The smallest absolute Gasteiger partial charge is 0.449 e. The van der Waals surface area contributed by atoms with E-state index in [0.29, 0.717) is 22.3 Å². The Balaban J connectivity index is 2.11. The Kier molecular flexibility index (Phi) is 2.83. The van der Waals surface area contributed by atoms with Gasteiger partial charge in [-0.25, -0.2) is 4.79 Å². The van der Waals surface area contributed by atoms with Crippen LogP contribution in [0, 0.1) is 0 Å². The van der Waals surface area contributed by atoms with Crippen molar-refractivity contribution in [2.24, 2.45) is 0 Å². The van der Waals surface area contributed by atoms with Crippen LogP contribution in [0.2, 0.25) is 0 Å². The number of carbonyl (C=O) groups excluding carboxylic acids is 2. The molecule has 0 fully saturated rings. The molecule has 0 aliphatic heterocycles. The van der Waals surface area contributed by atoms with E-state index in [1.807, 2.05) is 0 Å². The summed E-state index contributed by atoms with van der Waals surface area (Å²) in [6.45, 7) is 1.44. The first-order valence-electron chi connectivity index (χ1n) is 6.22. The van der Waals surface area contributed by atoms with Crippen LogP contribution in [-0.4, -0.2) is 22.8 Å². The van der Waals surface area contributed by atoms with Crippen LogP contribution in [0.25, 0.3) is 11.1 Å². The van der Waals surface area contributed by atoms with Gasteiger partial charge in [-0.2, -0.15) is 0 Å². The Morgan fingerprint density at radius 1 is 0.952 bits per heavy atom. The summed E-state index contributed by atoms with van der Waals surface area (Å²) >= 11 is 0. The molecule has 0 saturated heterocycles. The average Bonchev–Trinajstić information content (AvgIpc) is 2.71. The first-order chi connectivity index (χ1) is 9.97. The molecule has 3 rings (SSSR count). The number of carbonyl (C=O) groups is 3. The van der Waals surface area contributed by atoms with E-state index in [1.54, 1.807) is 24.3 Å². The highest BCUT2D eigenvalue weighted by Crippen LogP contribution is 2.38. The molecule has 0 aromatic heterocycles. The zero-order valence-corrected chi connectivity index (χ0v) is 11.0. The monoisotopic (exact) mass is 282 g/mol. The quantitative estimate of drug-likeness (QED) is 0.443. The van der Waals surface area contributed by atoms with Gasteiger partial charge in [-0.05, 0) is 42.3 Å². The second-order valence-corrected chi connectivity index (χ2v) is 4.72. The fourth-order valence-corrected chi connectivity index (χ4v) is 2.44. The van der Waals surface area contributed by atoms with Crippen molar-refractivity contribution in [2.45, 2.75) is 6.92 Å².